The van der Waals surface area contributed by atoms with Gasteiger partial charge in [-0.05, 0) is 19.4 Å². The van der Waals surface area contributed by atoms with Gasteiger partial charge in [0.25, 0.3) is 0 Å². The lowest BCUT2D eigenvalue weighted by molar-refractivity contribution is 0.459. The molecule has 2 N–H and O–H groups in total. The molecule has 1 unspecified atom stereocenters. The summed E-state index contributed by atoms with van der Waals surface area (Å²) < 4.78 is 0. The smallest absolute Gasteiger partial charge is 0.122 e. The highest BCUT2D eigenvalue weighted by molar-refractivity contribution is 5.39. The molecule has 0 bridgehead atoms. The van der Waals surface area contributed by atoms with E-state index in [0.29, 0.717) is 12.3 Å². The van der Waals surface area contributed by atoms with Gasteiger partial charge in [-0.2, -0.15) is 0 Å². The molecule has 0 amide bonds. The van der Waals surface area contributed by atoms with E-state index in [-0.39, 0.29) is 6.04 Å². The molecule has 0 fully saturated rings. The molecule has 2 heteroatoms. The van der Waals surface area contributed by atoms with Gasteiger partial charge in [0.05, 0.1) is 6.04 Å². The summed E-state index contributed by atoms with van der Waals surface area (Å²) in [5.74, 6) is 2.93. The van der Waals surface area contributed by atoms with E-state index in [2.05, 4.69) is 11.2 Å². The molecular formula is C12H15NO. The molecule has 2 nitrogen and oxygen atoms in total. The molecule has 1 atom stereocenters. The third-order valence-electron chi connectivity index (χ3n) is 2.17. The summed E-state index contributed by atoms with van der Waals surface area (Å²) >= 11 is 0. The number of hydrogen-bond acceptors (Lipinski definition) is 2. The molecule has 0 heterocycles. The van der Waals surface area contributed by atoms with Crippen LogP contribution in [-0.2, 0) is 6.54 Å². The highest BCUT2D eigenvalue weighted by Gasteiger charge is 2.03. The maximum absolute atomic E-state index is 9.69. The number of aryl methyl sites for hydroxylation is 1. The van der Waals surface area contributed by atoms with Crippen molar-refractivity contribution >= 4 is 0 Å². The van der Waals surface area contributed by atoms with Crippen LogP contribution < -0.4 is 5.32 Å². The fourth-order valence-corrected chi connectivity index (χ4v) is 1.18. The molecule has 1 aromatic rings. The van der Waals surface area contributed by atoms with Crippen molar-refractivity contribution in [2.45, 2.75) is 26.4 Å². The average Bonchev–Trinajstić information content (AvgIpc) is 2.20. The minimum absolute atomic E-state index is 0.0231. The van der Waals surface area contributed by atoms with Gasteiger partial charge >= 0.3 is 0 Å². The summed E-state index contributed by atoms with van der Waals surface area (Å²) in [7, 11) is 0. The number of phenols is 1. The maximum Gasteiger partial charge on any atom is 0.122 e. The molecule has 1 aromatic carbocycles. The van der Waals surface area contributed by atoms with Gasteiger partial charge < -0.3 is 5.11 Å². The summed E-state index contributed by atoms with van der Waals surface area (Å²) in [6.07, 6.45) is 5.23. The fraction of sp³-hybridized carbons (Fsp3) is 0.333. The van der Waals surface area contributed by atoms with Gasteiger partial charge in [0.15, 0.2) is 0 Å². The largest absolute Gasteiger partial charge is 0.507 e. The van der Waals surface area contributed by atoms with Crippen LogP contribution in [0.25, 0.3) is 0 Å². The van der Waals surface area contributed by atoms with Gasteiger partial charge in [-0.25, -0.2) is 0 Å². The number of terminal acetylenes is 1. The van der Waals surface area contributed by atoms with E-state index < -0.39 is 0 Å². The van der Waals surface area contributed by atoms with Crippen LogP contribution in [0.3, 0.4) is 0 Å². The van der Waals surface area contributed by atoms with Crippen LogP contribution in [0.4, 0.5) is 0 Å². The highest BCUT2D eigenvalue weighted by atomic mass is 16.3. The Morgan fingerprint density at radius 1 is 1.57 bits per heavy atom. The maximum atomic E-state index is 9.69. The Morgan fingerprint density at radius 3 is 2.93 bits per heavy atom. The van der Waals surface area contributed by atoms with Crippen LogP contribution in [0.2, 0.25) is 0 Å². The quantitative estimate of drug-likeness (QED) is 0.711. The van der Waals surface area contributed by atoms with Crippen molar-refractivity contribution < 1.29 is 5.11 Å². The van der Waals surface area contributed by atoms with Gasteiger partial charge in [-0.3, -0.25) is 5.32 Å². The average molecular weight is 189 g/mol. The van der Waals surface area contributed by atoms with Crippen molar-refractivity contribution in [1.82, 2.24) is 5.32 Å². The minimum atomic E-state index is 0.0231. The second-order valence-corrected chi connectivity index (χ2v) is 3.35. The molecule has 0 saturated heterocycles. The molecular weight excluding hydrogens is 174 g/mol. The third-order valence-corrected chi connectivity index (χ3v) is 2.17. The molecule has 0 aliphatic rings. The lowest BCUT2D eigenvalue weighted by Crippen LogP contribution is -2.23. The number of aromatic hydroxyl groups is 1. The molecule has 1 rings (SSSR count). The second kappa shape index (κ2) is 4.69. The number of hydrogen-bond donors (Lipinski definition) is 2. The Labute approximate surface area is 85.0 Å². The lowest BCUT2D eigenvalue weighted by Gasteiger charge is -2.10. The predicted molar refractivity (Wildman–Crippen MR) is 58.0 cm³/mol. The van der Waals surface area contributed by atoms with Gasteiger partial charge in [-0.1, -0.05) is 24.1 Å². The summed E-state index contributed by atoms with van der Waals surface area (Å²) in [6.45, 7) is 4.38. The Morgan fingerprint density at radius 2 is 2.29 bits per heavy atom. The van der Waals surface area contributed by atoms with Crippen LogP contribution in [-0.4, -0.2) is 11.1 Å². The first-order valence-electron chi connectivity index (χ1n) is 4.62. The first-order chi connectivity index (χ1) is 6.65. The van der Waals surface area contributed by atoms with E-state index in [1.807, 2.05) is 32.0 Å². The summed E-state index contributed by atoms with van der Waals surface area (Å²) in [6, 6.07) is 5.71. The lowest BCUT2D eigenvalue weighted by atomic mass is 10.1. The van der Waals surface area contributed by atoms with Crippen molar-refractivity contribution in [3.8, 4) is 18.1 Å². The number of para-hydroxylation sites is 1. The molecule has 0 aliphatic carbocycles. The summed E-state index contributed by atoms with van der Waals surface area (Å²) in [5.41, 5.74) is 1.77. The standard InChI is InChI=1S/C12H15NO/c1-4-10(3)13-8-11-7-5-6-9(2)12(11)14/h1,5-7,10,13-14H,8H2,2-3H3. The van der Waals surface area contributed by atoms with Gasteiger partial charge in [0.2, 0.25) is 0 Å². The van der Waals surface area contributed by atoms with Crippen molar-refractivity contribution in [1.29, 1.82) is 0 Å². The zero-order chi connectivity index (χ0) is 10.6. The Balaban J connectivity index is 2.69. The molecule has 0 aromatic heterocycles. The van der Waals surface area contributed by atoms with E-state index in [1.165, 1.54) is 0 Å². The SMILES string of the molecule is C#CC(C)NCc1cccc(C)c1O. The summed E-state index contributed by atoms with van der Waals surface area (Å²) in [4.78, 5) is 0. The van der Waals surface area contributed by atoms with Crippen molar-refractivity contribution in [3.05, 3.63) is 29.3 Å². The first kappa shape index (κ1) is 10.6. The van der Waals surface area contributed by atoms with Crippen LogP contribution in [0.15, 0.2) is 18.2 Å². The molecule has 74 valence electrons. The first-order valence-corrected chi connectivity index (χ1v) is 4.62. The van der Waals surface area contributed by atoms with E-state index in [4.69, 9.17) is 6.42 Å². The number of phenolic OH excluding ortho intramolecular Hbond substituents is 1. The van der Waals surface area contributed by atoms with Gasteiger partial charge in [0.1, 0.15) is 5.75 Å². The van der Waals surface area contributed by atoms with Crippen molar-refractivity contribution in [2.24, 2.45) is 0 Å². The van der Waals surface area contributed by atoms with Crippen LogP contribution in [0.5, 0.6) is 5.75 Å². The number of benzene rings is 1. The topological polar surface area (TPSA) is 32.3 Å². The molecule has 14 heavy (non-hydrogen) atoms. The molecule has 0 saturated carbocycles. The zero-order valence-corrected chi connectivity index (χ0v) is 8.54. The minimum Gasteiger partial charge on any atom is -0.507 e. The van der Waals surface area contributed by atoms with E-state index in [1.54, 1.807) is 0 Å². The van der Waals surface area contributed by atoms with Gasteiger partial charge in [-0.15, -0.1) is 6.42 Å². The normalized spacial score (nSPS) is 12.1. The third kappa shape index (κ3) is 2.51. The highest BCUT2D eigenvalue weighted by Crippen LogP contribution is 2.20. The number of nitrogens with one attached hydrogen (secondary N) is 1. The van der Waals surface area contributed by atoms with Crippen LogP contribution >= 0.6 is 0 Å². The van der Waals surface area contributed by atoms with E-state index in [0.717, 1.165) is 11.1 Å². The molecule has 0 aliphatic heterocycles. The van der Waals surface area contributed by atoms with Crippen LogP contribution in [0.1, 0.15) is 18.1 Å². The Bertz CT molecular complexity index is 352. The number of rotatable bonds is 3. The zero-order valence-electron chi connectivity index (χ0n) is 8.54. The molecule has 0 radical (unpaired) electrons. The van der Waals surface area contributed by atoms with Crippen molar-refractivity contribution in [2.75, 3.05) is 0 Å². The molecule has 0 spiro atoms. The van der Waals surface area contributed by atoms with Crippen molar-refractivity contribution in [3.63, 3.8) is 0 Å². The monoisotopic (exact) mass is 189 g/mol. The second-order valence-electron chi connectivity index (χ2n) is 3.35. The predicted octanol–water partition coefficient (Wildman–Crippen LogP) is 1.81. The fourth-order valence-electron chi connectivity index (χ4n) is 1.18. The van der Waals surface area contributed by atoms with E-state index in [9.17, 15) is 5.11 Å². The Hall–Kier alpha value is -1.46. The van der Waals surface area contributed by atoms with Crippen LogP contribution in [0, 0.1) is 19.3 Å². The Kier molecular flexibility index (Phi) is 3.55. The summed E-state index contributed by atoms with van der Waals surface area (Å²) in [5, 5.41) is 12.8. The van der Waals surface area contributed by atoms with E-state index >= 15 is 0 Å². The van der Waals surface area contributed by atoms with Gasteiger partial charge in [0, 0.05) is 12.1 Å².